The van der Waals surface area contributed by atoms with Crippen LogP contribution in [0.4, 0.5) is 10.5 Å². The number of urea groups is 1. The molecular weight excluding hydrogens is 468 g/mol. The predicted molar refractivity (Wildman–Crippen MR) is 133 cm³/mol. The minimum Gasteiger partial charge on any atom is -0.457 e. The van der Waals surface area contributed by atoms with Crippen LogP contribution in [0.15, 0.2) is 72.8 Å². The first-order valence-electron chi connectivity index (χ1n) is 11.1. The number of hydrogen-bond donors (Lipinski definition) is 2. The predicted octanol–water partition coefficient (Wildman–Crippen LogP) is 4.84. The van der Waals surface area contributed by atoms with Gasteiger partial charge >= 0.3 is 6.03 Å². The van der Waals surface area contributed by atoms with E-state index < -0.39 is 12.1 Å². The van der Waals surface area contributed by atoms with E-state index in [1.165, 1.54) is 4.90 Å². The van der Waals surface area contributed by atoms with Gasteiger partial charge in [0.15, 0.2) is 0 Å². The molecule has 3 N–H and O–H groups in total. The highest BCUT2D eigenvalue weighted by Crippen LogP contribution is 2.27. The Morgan fingerprint density at radius 2 is 1.77 bits per heavy atom. The second-order valence-corrected chi connectivity index (χ2v) is 8.49. The zero-order chi connectivity index (χ0) is 24.9. The molecule has 1 fully saturated rings. The summed E-state index contributed by atoms with van der Waals surface area (Å²) in [5.74, 6) is 0.287. The van der Waals surface area contributed by atoms with Crippen LogP contribution < -0.4 is 15.8 Å². The molecule has 1 saturated heterocycles. The smallest absolute Gasteiger partial charge is 0.328 e. The van der Waals surface area contributed by atoms with Crippen molar-refractivity contribution in [2.24, 2.45) is 5.73 Å². The van der Waals surface area contributed by atoms with Crippen molar-refractivity contribution >= 4 is 35.1 Å². The van der Waals surface area contributed by atoms with E-state index in [1.54, 1.807) is 72.5 Å². The molecular formula is C26H25ClN4O4. The van der Waals surface area contributed by atoms with Gasteiger partial charge in [-0.05, 0) is 67.1 Å². The largest absolute Gasteiger partial charge is 0.457 e. The number of carbonyl (C=O) groups is 3. The van der Waals surface area contributed by atoms with Gasteiger partial charge in [0.05, 0.1) is 6.42 Å². The zero-order valence-corrected chi connectivity index (χ0v) is 19.9. The maximum atomic E-state index is 13.1. The number of ether oxygens (including phenoxy) is 1. The average molecular weight is 493 g/mol. The number of benzene rings is 3. The second kappa shape index (κ2) is 10.5. The molecule has 0 aliphatic carbocycles. The lowest BCUT2D eigenvalue weighted by molar-refractivity contribution is -0.132. The summed E-state index contributed by atoms with van der Waals surface area (Å²) >= 11 is 5.99. The van der Waals surface area contributed by atoms with Crippen LogP contribution in [0.2, 0.25) is 5.02 Å². The molecule has 0 bridgehead atoms. The molecule has 9 heteroatoms. The summed E-state index contributed by atoms with van der Waals surface area (Å²) in [5.41, 5.74) is 7.31. The van der Waals surface area contributed by atoms with E-state index in [9.17, 15) is 14.4 Å². The third kappa shape index (κ3) is 5.73. The summed E-state index contributed by atoms with van der Waals surface area (Å²) in [7, 11) is 0. The monoisotopic (exact) mass is 492 g/mol. The highest BCUT2D eigenvalue weighted by Gasteiger charge is 2.38. The number of carbonyl (C=O) groups excluding carboxylic acids is 3. The van der Waals surface area contributed by atoms with Crippen LogP contribution >= 0.6 is 11.6 Å². The van der Waals surface area contributed by atoms with Gasteiger partial charge in [-0.3, -0.25) is 19.4 Å². The minimum atomic E-state index is -0.531. The first-order chi connectivity index (χ1) is 16.8. The lowest BCUT2D eigenvalue weighted by Gasteiger charge is -2.40. The summed E-state index contributed by atoms with van der Waals surface area (Å²) < 4.78 is 5.81. The fraction of sp³-hybridized carbons (Fsp3) is 0.192. The van der Waals surface area contributed by atoms with Crippen LogP contribution in [0.25, 0.3) is 0 Å². The van der Waals surface area contributed by atoms with Crippen molar-refractivity contribution in [1.29, 1.82) is 0 Å². The molecule has 1 aliphatic rings. The SMILES string of the molecule is CCN1C(=O)CC(Nc2ccc(Oc3cccc(C(N)=O)c3)cc2)N(Cc2ccc(Cl)cc2)C1=O. The summed E-state index contributed by atoms with van der Waals surface area (Å²) in [4.78, 5) is 39.9. The van der Waals surface area contributed by atoms with E-state index in [-0.39, 0.29) is 18.4 Å². The Morgan fingerprint density at radius 3 is 2.43 bits per heavy atom. The number of rotatable bonds is 8. The first-order valence-corrected chi connectivity index (χ1v) is 11.5. The van der Waals surface area contributed by atoms with Gasteiger partial charge in [0.2, 0.25) is 11.8 Å². The number of nitrogens with two attached hydrogens (primary N) is 1. The number of halogens is 1. The Balaban J connectivity index is 1.49. The van der Waals surface area contributed by atoms with E-state index >= 15 is 0 Å². The van der Waals surface area contributed by atoms with Crippen LogP contribution in [0, 0.1) is 0 Å². The lowest BCUT2D eigenvalue weighted by Crippen LogP contribution is -2.58. The zero-order valence-electron chi connectivity index (χ0n) is 19.1. The Kier molecular flexibility index (Phi) is 7.22. The highest BCUT2D eigenvalue weighted by molar-refractivity contribution is 6.30. The van der Waals surface area contributed by atoms with Crippen molar-refractivity contribution in [2.45, 2.75) is 26.1 Å². The Hall–Kier alpha value is -4.04. The number of imide groups is 1. The van der Waals surface area contributed by atoms with Gasteiger partial charge in [0.25, 0.3) is 0 Å². The lowest BCUT2D eigenvalue weighted by atomic mass is 10.1. The van der Waals surface area contributed by atoms with Crippen LogP contribution in [0.1, 0.15) is 29.3 Å². The van der Waals surface area contributed by atoms with Crippen LogP contribution in [-0.4, -0.2) is 40.4 Å². The van der Waals surface area contributed by atoms with Gasteiger partial charge in [0, 0.05) is 29.4 Å². The fourth-order valence-electron chi connectivity index (χ4n) is 3.85. The molecule has 180 valence electrons. The van der Waals surface area contributed by atoms with Crippen molar-refractivity contribution in [3.63, 3.8) is 0 Å². The molecule has 3 aromatic carbocycles. The molecule has 1 atom stereocenters. The van der Waals surface area contributed by atoms with Crippen LogP contribution in [0.5, 0.6) is 11.5 Å². The number of primary amides is 1. The van der Waals surface area contributed by atoms with Crippen molar-refractivity contribution in [1.82, 2.24) is 9.80 Å². The van der Waals surface area contributed by atoms with Crippen LogP contribution in [0.3, 0.4) is 0 Å². The third-order valence-electron chi connectivity index (χ3n) is 5.65. The molecule has 0 saturated carbocycles. The molecule has 4 rings (SSSR count). The maximum absolute atomic E-state index is 13.1. The van der Waals surface area contributed by atoms with Crippen LogP contribution in [-0.2, 0) is 11.3 Å². The summed E-state index contributed by atoms with van der Waals surface area (Å²) in [6, 6.07) is 20.6. The Bertz CT molecular complexity index is 1230. The number of hydrogen-bond acceptors (Lipinski definition) is 5. The molecule has 3 aromatic rings. The van der Waals surface area contributed by atoms with Crippen molar-refractivity contribution in [2.75, 3.05) is 11.9 Å². The van der Waals surface area contributed by atoms with Crippen molar-refractivity contribution in [3.8, 4) is 11.5 Å². The standard InChI is InChI=1S/C26H25ClN4O4/c1-2-30-24(32)15-23(31(26(30)34)16-17-6-8-19(27)9-7-17)29-20-10-12-21(13-11-20)35-22-5-3-4-18(14-22)25(28)33/h3-14,23,29H,2,15-16H2,1H3,(H2,28,33). The van der Waals surface area contributed by atoms with E-state index in [2.05, 4.69) is 5.32 Å². The third-order valence-corrected chi connectivity index (χ3v) is 5.90. The molecule has 1 heterocycles. The Morgan fingerprint density at radius 1 is 1.06 bits per heavy atom. The Labute approximate surface area is 208 Å². The number of nitrogens with one attached hydrogen (secondary N) is 1. The van der Waals surface area contributed by atoms with Gasteiger partial charge < -0.3 is 15.8 Å². The van der Waals surface area contributed by atoms with Gasteiger partial charge in [-0.2, -0.15) is 0 Å². The minimum absolute atomic E-state index is 0.144. The van der Waals surface area contributed by atoms with Gasteiger partial charge in [-0.25, -0.2) is 4.79 Å². The molecule has 0 radical (unpaired) electrons. The van der Waals surface area contributed by atoms with E-state index in [0.717, 1.165) is 11.3 Å². The maximum Gasteiger partial charge on any atom is 0.328 e. The first kappa shape index (κ1) is 24.1. The second-order valence-electron chi connectivity index (χ2n) is 8.06. The highest BCUT2D eigenvalue weighted by atomic mass is 35.5. The molecule has 35 heavy (non-hydrogen) atoms. The average Bonchev–Trinajstić information content (AvgIpc) is 2.84. The summed E-state index contributed by atoms with van der Waals surface area (Å²) in [6.45, 7) is 2.42. The molecule has 1 aliphatic heterocycles. The molecule has 0 spiro atoms. The van der Waals surface area contributed by atoms with E-state index in [0.29, 0.717) is 35.2 Å². The number of nitrogens with zero attached hydrogens (tertiary/aromatic N) is 2. The molecule has 4 amide bonds. The molecule has 1 unspecified atom stereocenters. The number of anilines is 1. The van der Waals surface area contributed by atoms with E-state index in [4.69, 9.17) is 22.1 Å². The quantitative estimate of drug-likeness (QED) is 0.468. The molecule has 0 aromatic heterocycles. The summed E-state index contributed by atoms with van der Waals surface area (Å²) in [6.07, 6.45) is -0.377. The van der Waals surface area contributed by atoms with Crippen molar-refractivity contribution < 1.29 is 19.1 Å². The molecule has 8 nitrogen and oxygen atoms in total. The number of amides is 4. The van der Waals surface area contributed by atoms with E-state index in [1.807, 2.05) is 12.1 Å². The van der Waals surface area contributed by atoms with Crippen molar-refractivity contribution in [3.05, 3.63) is 88.9 Å². The van der Waals surface area contributed by atoms with Gasteiger partial charge in [-0.1, -0.05) is 29.8 Å². The topological polar surface area (TPSA) is 105 Å². The normalized spacial score (nSPS) is 15.8. The summed E-state index contributed by atoms with van der Waals surface area (Å²) in [5, 5.41) is 3.91. The van der Waals surface area contributed by atoms with Gasteiger partial charge in [0.1, 0.15) is 17.7 Å². The fourth-order valence-corrected chi connectivity index (χ4v) is 3.97. The van der Waals surface area contributed by atoms with Gasteiger partial charge in [-0.15, -0.1) is 0 Å².